The monoisotopic (exact) mass is 1350 g/mol. The van der Waals surface area contributed by atoms with Crippen LogP contribution in [0.2, 0.25) is 0 Å². The Morgan fingerprint density at radius 2 is 0.400 bits per heavy atom. The molecule has 2 heterocycles. The first kappa shape index (κ1) is 81.5. The third-order valence-corrected chi connectivity index (χ3v) is 25.8. The summed E-state index contributed by atoms with van der Waals surface area (Å²) in [6, 6.07) is 0. The summed E-state index contributed by atoms with van der Waals surface area (Å²) < 4.78 is 12.1. The number of quaternary nitrogens is 1. The fraction of sp³-hybridized carbons (Fsp3) is 0.518. The van der Waals surface area contributed by atoms with Crippen molar-refractivity contribution in [1.82, 2.24) is 0 Å². The van der Waals surface area contributed by atoms with Crippen LogP contribution in [-0.4, -0.2) is 59.3 Å². The van der Waals surface area contributed by atoms with E-state index in [-0.39, 0.29) is 28.5 Å². The fourth-order valence-corrected chi connectivity index (χ4v) is 15.8. The Morgan fingerprint density at radius 3 is 0.589 bits per heavy atom. The van der Waals surface area contributed by atoms with Crippen molar-refractivity contribution >= 4 is 7.26 Å². The van der Waals surface area contributed by atoms with Crippen molar-refractivity contribution in [3.8, 4) is 0 Å². The van der Waals surface area contributed by atoms with Crippen LogP contribution in [-0.2, 0) is 7.05 Å². The molecule has 0 aliphatic rings. The van der Waals surface area contributed by atoms with Crippen LogP contribution in [0.3, 0.4) is 0 Å². The van der Waals surface area contributed by atoms with Gasteiger partial charge in [-0.2, -0.15) is 0 Å². The fourth-order valence-electron chi connectivity index (χ4n) is 12.1. The molecule has 7 aromatic rings. The van der Waals surface area contributed by atoms with Gasteiger partial charge in [0.2, 0.25) is 0 Å². The minimum absolute atomic E-state index is 0.151. The summed E-state index contributed by atoms with van der Waals surface area (Å²) in [5, 5.41) is 0. The summed E-state index contributed by atoms with van der Waals surface area (Å²) in [5.74, 6) is 3.50. The zero-order valence-corrected chi connectivity index (χ0v) is 69.7. The van der Waals surface area contributed by atoms with Crippen molar-refractivity contribution in [2.24, 2.45) is 7.05 Å². The second-order valence-electron chi connectivity index (χ2n) is 29.9. The third-order valence-electron chi connectivity index (χ3n) is 21.5. The summed E-state index contributed by atoms with van der Waals surface area (Å²) in [6.07, 6.45) is 0. The Labute approximate surface area is 567 Å². The number of nitrogens with zero attached hydrogens (tertiary/aromatic N) is 2. The SMILES string of the molecule is C[N+](C)(C)C.C[P+](C)(C)C.Cc1[o+]c(C)c(C)c(C)c1C.Cc1c(C)c(C)[n+](C)c(C)c1C.Cc1c(C)c(C)c([C+](c2c(C)c(C)c(C)c(C)c2C)c2c(C)c(C)c(C)c(C)c2C)c(C)c1C.Cc1c(C)c(C)c([I-]c2c(C)c(C)c(C)c(C)c2C)c(C)c1C. The van der Waals surface area contributed by atoms with E-state index in [1.54, 1.807) is 7.14 Å². The van der Waals surface area contributed by atoms with E-state index in [2.05, 4.69) is 295 Å². The molecule has 0 atom stereocenters. The van der Waals surface area contributed by atoms with Crippen molar-refractivity contribution in [3.05, 3.63) is 225 Å². The van der Waals surface area contributed by atoms with Crippen LogP contribution in [0.5, 0.6) is 0 Å². The predicted molar refractivity (Wildman–Crippen MR) is 401 cm³/mol. The molecular weight excluding hydrogens is 1220 g/mol. The van der Waals surface area contributed by atoms with Gasteiger partial charge in [-0.25, -0.2) is 8.98 Å². The maximum atomic E-state index is 5.52. The van der Waals surface area contributed by atoms with Gasteiger partial charge in [0.1, 0.15) is 7.05 Å². The standard InChI is InChI=1S/C34H45.C22H30I.C11H18N.C10H15O.C4H12N.C4H12P/c1-16-19(4)25(10)31(26(11)20(16)5)34(32-27(12)21(6)17(2)22(7)28(32)13)33-29(14)23(8)18(3)24(9)30(33)15;1-11-13(3)17(7)21(18(8)14(11)4)23-22-19(9)15(5)12(2)16(6)20(22)10;1-7-8(2)10(4)12(6)11(5)9(7)3;1-6-7(2)9(4)11-10(5)8(6)3;2*1-5(2,3)4/h1-15H3;1-10H3;1-6H3;1-5H3;2*1-4H3/q+1;-1;4*+1. The van der Waals surface area contributed by atoms with Gasteiger partial charge in [0.05, 0.1) is 75.8 Å². The van der Waals surface area contributed by atoms with Crippen molar-refractivity contribution in [2.45, 2.75) is 242 Å². The molecule has 0 spiro atoms. The van der Waals surface area contributed by atoms with Gasteiger partial charge in [-0.1, -0.05) is 0 Å². The Balaban J connectivity index is 0.000000421. The molecule has 0 fully saturated rings. The molecule has 0 unspecified atom stereocenters. The molecule has 0 bridgehead atoms. The molecule has 5 heteroatoms. The minimum atomic E-state index is -0.389. The zero-order valence-electron chi connectivity index (χ0n) is 66.6. The van der Waals surface area contributed by atoms with Gasteiger partial charge in [-0.05, 0) is 207 Å². The third kappa shape index (κ3) is 18.4. The molecular formula is C85H132IN2OP+4. The Bertz CT molecular complexity index is 3290. The van der Waals surface area contributed by atoms with Crippen LogP contribution in [0.1, 0.15) is 212 Å². The van der Waals surface area contributed by atoms with Gasteiger partial charge in [-0.15, -0.1) is 0 Å². The average Bonchev–Trinajstić information content (AvgIpc) is 0.734. The molecule has 3 nitrogen and oxygen atoms in total. The number of hydrogen-bond donors (Lipinski definition) is 0. The Hall–Kier alpha value is -4.61. The summed E-state index contributed by atoms with van der Waals surface area (Å²) >= 11 is -0.151. The second kappa shape index (κ2) is 32.0. The first-order valence-electron chi connectivity index (χ1n) is 33.0. The van der Waals surface area contributed by atoms with Crippen LogP contribution in [0.15, 0.2) is 4.42 Å². The number of halogens is 1. The van der Waals surface area contributed by atoms with Crippen LogP contribution < -0.4 is 25.8 Å². The average molecular weight is 1360 g/mol. The Kier molecular flexibility index (Phi) is 29.0. The molecule has 0 radical (unpaired) electrons. The van der Waals surface area contributed by atoms with Crippen molar-refractivity contribution < 1.29 is 34.7 Å². The van der Waals surface area contributed by atoms with Crippen molar-refractivity contribution in [1.29, 1.82) is 0 Å². The van der Waals surface area contributed by atoms with Crippen LogP contribution >= 0.6 is 7.26 Å². The first-order valence-corrected chi connectivity index (χ1v) is 38.7. The van der Waals surface area contributed by atoms with Gasteiger partial charge in [0.15, 0.2) is 11.4 Å². The van der Waals surface area contributed by atoms with E-state index in [1.165, 1.54) is 206 Å². The number of hydrogen-bond acceptors (Lipinski definition) is 0. The molecule has 90 heavy (non-hydrogen) atoms. The number of pyridine rings is 1. The predicted octanol–water partition coefficient (Wildman–Crippen LogP) is 19.2. The molecule has 0 saturated heterocycles. The summed E-state index contributed by atoms with van der Waals surface area (Å²) in [7, 11) is 10.2. The number of rotatable bonds is 5. The van der Waals surface area contributed by atoms with Crippen molar-refractivity contribution in [2.75, 3.05) is 54.8 Å². The van der Waals surface area contributed by atoms with Crippen LogP contribution in [0.25, 0.3) is 0 Å². The quantitative estimate of drug-likeness (QED) is 0.0319. The van der Waals surface area contributed by atoms with E-state index in [1.807, 2.05) is 13.8 Å². The molecule has 0 aliphatic heterocycles. The van der Waals surface area contributed by atoms with E-state index in [9.17, 15) is 0 Å². The number of benzene rings is 5. The zero-order chi connectivity index (χ0) is 70.7. The van der Waals surface area contributed by atoms with E-state index in [4.69, 9.17) is 4.42 Å². The van der Waals surface area contributed by atoms with Gasteiger partial charge in [0.25, 0.3) is 0 Å². The molecule has 2 aromatic heterocycles. The van der Waals surface area contributed by atoms with Gasteiger partial charge >= 0.3 is 165 Å². The molecule has 0 N–H and O–H groups in total. The van der Waals surface area contributed by atoms with E-state index < -0.39 is 0 Å². The van der Waals surface area contributed by atoms with Crippen LogP contribution in [0, 0.1) is 255 Å². The summed E-state index contributed by atoms with van der Waals surface area (Å²) in [5.41, 5.74) is 51.5. The molecule has 7 rings (SSSR count). The normalized spacial score (nSPS) is 11.2. The summed E-state index contributed by atoms with van der Waals surface area (Å²) in [4.78, 5) is 0. The van der Waals surface area contributed by atoms with Gasteiger partial charge in [0, 0.05) is 92.3 Å². The van der Waals surface area contributed by atoms with E-state index >= 15 is 0 Å². The molecule has 5 aromatic carbocycles. The number of aryl methyl sites for hydroxylation is 2. The summed E-state index contributed by atoms with van der Waals surface area (Å²) in [6.45, 7) is 88.1. The number of aromatic nitrogens is 1. The Morgan fingerprint density at radius 1 is 0.256 bits per heavy atom. The van der Waals surface area contributed by atoms with Gasteiger partial charge < -0.3 is 4.48 Å². The topological polar surface area (TPSA) is 15.2 Å². The molecule has 496 valence electrons. The molecule has 0 saturated carbocycles. The molecule has 0 aliphatic carbocycles. The van der Waals surface area contributed by atoms with Gasteiger partial charge in [-0.3, -0.25) is 0 Å². The first-order chi connectivity index (χ1) is 40.8. The van der Waals surface area contributed by atoms with E-state index in [0.29, 0.717) is 0 Å². The molecule has 0 amide bonds. The maximum absolute atomic E-state index is 5.52. The second-order valence-corrected chi connectivity index (χ2v) is 38.0. The van der Waals surface area contributed by atoms with Crippen molar-refractivity contribution in [3.63, 3.8) is 0 Å². The van der Waals surface area contributed by atoms with E-state index in [0.717, 1.165) is 16.0 Å². The van der Waals surface area contributed by atoms with Crippen LogP contribution in [0.4, 0.5) is 0 Å².